The number of fused-ring (bicyclic) bond motifs is 1. The molecule has 1 aliphatic carbocycles. The molecule has 0 spiro atoms. The Hall–Kier alpha value is -2.80. The first-order valence-corrected chi connectivity index (χ1v) is 9.09. The molecule has 2 aromatic heterocycles. The highest BCUT2D eigenvalue weighted by atomic mass is 35.5. The molecule has 1 N–H and O–H groups in total. The zero-order valence-corrected chi connectivity index (χ0v) is 14.9. The summed E-state index contributed by atoms with van der Waals surface area (Å²) >= 11 is 5.75. The number of amides is 1. The lowest BCUT2D eigenvalue weighted by atomic mass is 9.95. The Labute approximate surface area is 159 Å². The summed E-state index contributed by atoms with van der Waals surface area (Å²) in [5.41, 5.74) is 2.34. The van der Waals surface area contributed by atoms with Gasteiger partial charge in [-0.15, -0.1) is 0 Å². The molecule has 2 fully saturated rings. The van der Waals surface area contributed by atoms with Crippen molar-refractivity contribution in [2.45, 2.75) is 18.9 Å². The van der Waals surface area contributed by atoms with Crippen molar-refractivity contribution in [1.82, 2.24) is 20.4 Å². The van der Waals surface area contributed by atoms with Crippen molar-refractivity contribution in [3.05, 3.63) is 59.1 Å². The number of carbonyl (C=O) groups excluding carboxylic acids is 1. The Morgan fingerprint density at radius 2 is 2.15 bits per heavy atom. The maximum Gasteiger partial charge on any atom is 0.232 e. The smallest absolute Gasteiger partial charge is 0.232 e. The van der Waals surface area contributed by atoms with Crippen molar-refractivity contribution < 1.29 is 9.18 Å². The summed E-state index contributed by atoms with van der Waals surface area (Å²) < 4.78 is 13.7. The zero-order valence-electron chi connectivity index (χ0n) is 14.1. The number of hydrogen-bond acceptors (Lipinski definition) is 4. The van der Waals surface area contributed by atoms with Crippen LogP contribution in [0.5, 0.6) is 0 Å². The van der Waals surface area contributed by atoms with Crippen LogP contribution in [0.15, 0.2) is 42.7 Å². The summed E-state index contributed by atoms with van der Waals surface area (Å²) in [7, 11) is 0. The van der Waals surface area contributed by atoms with Gasteiger partial charge < -0.3 is 0 Å². The number of aromatic nitrogens is 4. The Balaban J connectivity index is 1.38. The molecule has 3 heterocycles. The van der Waals surface area contributed by atoms with Crippen LogP contribution < -0.4 is 4.90 Å². The van der Waals surface area contributed by atoms with Crippen LogP contribution in [0.1, 0.15) is 12.0 Å². The molecular weight excluding hydrogens is 369 g/mol. The molecule has 27 heavy (non-hydrogen) atoms. The summed E-state index contributed by atoms with van der Waals surface area (Å²) in [5, 5.41) is 15.0. The molecular formula is C19H15ClFN5O. The number of nitrogens with one attached hydrogen (secondary N) is 1. The molecule has 6 nitrogen and oxygen atoms in total. The van der Waals surface area contributed by atoms with Crippen molar-refractivity contribution >= 4 is 23.3 Å². The first-order chi connectivity index (χ1) is 13.1. The molecule has 3 unspecified atom stereocenters. The number of rotatable bonds is 4. The van der Waals surface area contributed by atoms with Gasteiger partial charge in [0.25, 0.3) is 0 Å². The molecule has 3 aromatic rings. The molecule has 1 saturated heterocycles. The molecule has 1 aromatic carbocycles. The number of H-pyrrole nitrogens is 1. The number of nitrogens with zero attached hydrogens (tertiary/aromatic N) is 4. The Morgan fingerprint density at radius 3 is 2.93 bits per heavy atom. The Morgan fingerprint density at radius 1 is 1.26 bits per heavy atom. The lowest BCUT2D eigenvalue weighted by Gasteiger charge is -2.19. The van der Waals surface area contributed by atoms with Gasteiger partial charge >= 0.3 is 0 Å². The van der Waals surface area contributed by atoms with E-state index in [1.807, 2.05) is 12.1 Å². The minimum Gasteiger partial charge on any atom is -0.293 e. The minimum atomic E-state index is -0.451. The van der Waals surface area contributed by atoms with Crippen LogP contribution in [0.4, 0.5) is 10.2 Å². The predicted molar refractivity (Wildman–Crippen MR) is 97.6 cm³/mol. The van der Waals surface area contributed by atoms with Gasteiger partial charge in [-0.2, -0.15) is 15.3 Å². The Kier molecular flexibility index (Phi) is 3.72. The number of carbonyl (C=O) groups is 1. The molecule has 136 valence electrons. The molecule has 0 bridgehead atoms. The van der Waals surface area contributed by atoms with Crippen molar-refractivity contribution in [2.75, 3.05) is 4.90 Å². The van der Waals surface area contributed by atoms with Crippen molar-refractivity contribution in [3.8, 4) is 11.3 Å². The standard InChI is InChI=1S/C19H15ClFN5O/c20-14-2-1-10(6-15(14)21)5-13-12-7-17(12)26(19(13)27)18-8-16(24-25-18)11-3-4-22-23-9-11/h1-4,6,8-9,12-13,17H,5,7H2,(H,24,25). The topological polar surface area (TPSA) is 74.8 Å². The number of hydrogen-bond donors (Lipinski definition) is 1. The average molecular weight is 384 g/mol. The molecule has 1 aliphatic heterocycles. The molecule has 3 atom stereocenters. The quantitative estimate of drug-likeness (QED) is 0.750. The number of anilines is 1. The van der Waals surface area contributed by atoms with Gasteiger partial charge in [-0.3, -0.25) is 14.8 Å². The van der Waals surface area contributed by atoms with E-state index in [9.17, 15) is 9.18 Å². The van der Waals surface area contributed by atoms with Crippen LogP contribution in [0.25, 0.3) is 11.3 Å². The monoisotopic (exact) mass is 383 g/mol. The van der Waals surface area contributed by atoms with Crippen molar-refractivity contribution in [3.63, 3.8) is 0 Å². The number of halogens is 2. The maximum atomic E-state index is 13.7. The molecule has 1 saturated carbocycles. The first-order valence-electron chi connectivity index (χ1n) is 8.71. The van der Waals surface area contributed by atoms with Crippen molar-refractivity contribution in [2.24, 2.45) is 11.8 Å². The summed E-state index contributed by atoms with van der Waals surface area (Å²) in [6.45, 7) is 0. The van der Waals surface area contributed by atoms with Crippen LogP contribution in [0, 0.1) is 17.7 Å². The third kappa shape index (κ3) is 2.78. The highest BCUT2D eigenvalue weighted by Gasteiger charge is 2.58. The van der Waals surface area contributed by atoms with Crippen molar-refractivity contribution in [1.29, 1.82) is 0 Å². The van der Waals surface area contributed by atoms with E-state index in [4.69, 9.17) is 11.6 Å². The fourth-order valence-electron chi connectivity index (χ4n) is 3.94. The van der Waals surface area contributed by atoms with Gasteiger partial charge in [0.05, 0.1) is 23.1 Å². The van der Waals surface area contributed by atoms with Gasteiger partial charge in [0, 0.05) is 23.6 Å². The largest absolute Gasteiger partial charge is 0.293 e. The Bertz CT molecular complexity index is 1020. The summed E-state index contributed by atoms with van der Waals surface area (Å²) in [6, 6.07) is 8.59. The van der Waals surface area contributed by atoms with E-state index in [1.54, 1.807) is 23.4 Å². The molecule has 8 heteroatoms. The number of benzene rings is 1. The van der Waals surface area contributed by atoms with E-state index >= 15 is 0 Å². The van der Waals surface area contributed by atoms with Crippen LogP contribution >= 0.6 is 11.6 Å². The normalized spacial score (nSPS) is 23.6. The fourth-order valence-corrected chi connectivity index (χ4v) is 4.05. The second kappa shape index (κ2) is 6.13. The van der Waals surface area contributed by atoms with E-state index in [2.05, 4.69) is 20.4 Å². The highest BCUT2D eigenvalue weighted by molar-refractivity contribution is 6.30. The van der Waals surface area contributed by atoms with E-state index in [0.717, 1.165) is 17.5 Å². The minimum absolute atomic E-state index is 0.0506. The number of aromatic amines is 1. The van der Waals surface area contributed by atoms with Crippen LogP contribution in [0.3, 0.4) is 0 Å². The van der Waals surface area contributed by atoms with Gasteiger partial charge in [0.1, 0.15) is 11.6 Å². The second-order valence-electron chi connectivity index (χ2n) is 7.00. The highest BCUT2D eigenvalue weighted by Crippen LogP contribution is 2.51. The second-order valence-corrected chi connectivity index (χ2v) is 7.41. The van der Waals surface area contributed by atoms with Gasteiger partial charge in [0.15, 0.2) is 0 Å². The number of piperidine rings is 1. The van der Waals surface area contributed by atoms with Crippen LogP contribution in [-0.2, 0) is 11.2 Å². The van der Waals surface area contributed by atoms with Crippen LogP contribution in [-0.4, -0.2) is 32.3 Å². The average Bonchev–Trinajstić information content (AvgIpc) is 3.19. The maximum absolute atomic E-state index is 13.7. The fraction of sp³-hybridized carbons (Fsp3) is 0.263. The first kappa shape index (κ1) is 16.4. The molecule has 2 aliphatic rings. The van der Waals surface area contributed by atoms with E-state index < -0.39 is 5.82 Å². The van der Waals surface area contributed by atoms with Gasteiger partial charge in [0.2, 0.25) is 5.91 Å². The van der Waals surface area contributed by atoms with Gasteiger partial charge in [-0.25, -0.2) is 4.39 Å². The summed E-state index contributed by atoms with van der Waals surface area (Å²) in [5.74, 6) is 0.433. The third-order valence-electron chi connectivity index (χ3n) is 5.35. The predicted octanol–water partition coefficient (Wildman–Crippen LogP) is 3.25. The van der Waals surface area contributed by atoms with Crippen LogP contribution in [0.2, 0.25) is 5.02 Å². The zero-order chi connectivity index (χ0) is 18.5. The molecule has 1 amide bonds. The van der Waals surface area contributed by atoms with E-state index in [0.29, 0.717) is 23.9 Å². The lowest BCUT2D eigenvalue weighted by Crippen LogP contribution is -2.32. The van der Waals surface area contributed by atoms with E-state index in [-0.39, 0.29) is 22.9 Å². The summed E-state index contributed by atoms with van der Waals surface area (Å²) in [6.07, 6.45) is 4.70. The lowest BCUT2D eigenvalue weighted by molar-refractivity contribution is -0.121. The molecule has 0 radical (unpaired) electrons. The summed E-state index contributed by atoms with van der Waals surface area (Å²) in [4.78, 5) is 14.8. The SMILES string of the molecule is O=C1C(Cc2ccc(Cl)c(F)c2)C2CC2N1c1cc(-c2ccnnc2)n[nH]1. The third-order valence-corrected chi connectivity index (χ3v) is 5.66. The molecule has 5 rings (SSSR count). The van der Waals surface area contributed by atoms with E-state index in [1.165, 1.54) is 12.1 Å². The van der Waals surface area contributed by atoms with Gasteiger partial charge in [-0.05, 0) is 42.5 Å². The van der Waals surface area contributed by atoms with Gasteiger partial charge in [-0.1, -0.05) is 17.7 Å².